The average Bonchev–Trinajstić information content (AvgIpc) is 2.90. The van der Waals surface area contributed by atoms with Gasteiger partial charge in [-0.25, -0.2) is 0 Å². The second-order valence-electron chi connectivity index (χ2n) is 4.69. The Labute approximate surface area is 106 Å². The molecule has 1 N–H and O–H groups in total. The van der Waals surface area contributed by atoms with Crippen LogP contribution in [-0.2, 0) is 4.79 Å². The molecule has 17 heavy (non-hydrogen) atoms. The molecule has 0 bridgehead atoms. The van der Waals surface area contributed by atoms with Gasteiger partial charge in [0.1, 0.15) is 6.04 Å². The third-order valence-corrected chi connectivity index (χ3v) is 3.80. The van der Waals surface area contributed by atoms with Gasteiger partial charge in [-0.15, -0.1) is 0 Å². The highest BCUT2D eigenvalue weighted by Crippen LogP contribution is 2.20. The predicted octanol–water partition coefficient (Wildman–Crippen LogP) is 2.46. The van der Waals surface area contributed by atoms with Crippen molar-refractivity contribution in [3.63, 3.8) is 0 Å². The fourth-order valence-corrected chi connectivity index (χ4v) is 2.43. The van der Waals surface area contributed by atoms with E-state index in [9.17, 15) is 4.79 Å². The van der Waals surface area contributed by atoms with Crippen molar-refractivity contribution >= 4 is 17.5 Å². The van der Waals surface area contributed by atoms with E-state index in [1.807, 2.05) is 13.8 Å². The fourth-order valence-electron chi connectivity index (χ4n) is 2.30. The monoisotopic (exact) mass is 255 g/mol. The maximum absolute atomic E-state index is 12.0. The molecule has 1 amide bonds. The SMILES string of the molecule is Cc1c(Cl)cnn1C(C)C(=O)NC1CCCC1. The summed E-state index contributed by atoms with van der Waals surface area (Å²) in [5.41, 5.74) is 0.834. The molecular formula is C12H18ClN3O. The second-order valence-corrected chi connectivity index (χ2v) is 5.10. The zero-order chi connectivity index (χ0) is 12.4. The molecule has 1 aliphatic rings. The van der Waals surface area contributed by atoms with Gasteiger partial charge in [0.15, 0.2) is 0 Å². The van der Waals surface area contributed by atoms with E-state index < -0.39 is 0 Å². The van der Waals surface area contributed by atoms with E-state index in [0.29, 0.717) is 11.1 Å². The van der Waals surface area contributed by atoms with E-state index in [0.717, 1.165) is 18.5 Å². The summed E-state index contributed by atoms with van der Waals surface area (Å²) in [6.45, 7) is 3.72. The number of nitrogens with one attached hydrogen (secondary N) is 1. The average molecular weight is 256 g/mol. The summed E-state index contributed by atoms with van der Waals surface area (Å²) in [4.78, 5) is 12.0. The van der Waals surface area contributed by atoms with Crippen molar-refractivity contribution < 1.29 is 4.79 Å². The highest BCUT2D eigenvalue weighted by molar-refractivity contribution is 6.31. The van der Waals surface area contributed by atoms with Crippen LogP contribution >= 0.6 is 11.6 Å². The number of halogens is 1. The van der Waals surface area contributed by atoms with Crippen LogP contribution in [0.2, 0.25) is 5.02 Å². The quantitative estimate of drug-likeness (QED) is 0.902. The molecule has 1 aromatic heterocycles. The molecule has 5 heteroatoms. The summed E-state index contributed by atoms with van der Waals surface area (Å²) in [6, 6.07) is 0.0411. The van der Waals surface area contributed by atoms with E-state index in [2.05, 4.69) is 10.4 Å². The maximum atomic E-state index is 12.0. The lowest BCUT2D eigenvalue weighted by atomic mass is 10.2. The molecule has 0 aliphatic heterocycles. The van der Waals surface area contributed by atoms with Crippen molar-refractivity contribution in [2.75, 3.05) is 0 Å². The summed E-state index contributed by atoms with van der Waals surface area (Å²) < 4.78 is 1.67. The minimum absolute atomic E-state index is 0.0276. The van der Waals surface area contributed by atoms with Gasteiger partial charge in [-0.3, -0.25) is 9.48 Å². The maximum Gasteiger partial charge on any atom is 0.244 e. The molecule has 0 saturated heterocycles. The summed E-state index contributed by atoms with van der Waals surface area (Å²) in [7, 11) is 0. The number of rotatable bonds is 3. The Balaban J connectivity index is 2.01. The van der Waals surface area contributed by atoms with Gasteiger partial charge in [-0.1, -0.05) is 24.4 Å². The van der Waals surface area contributed by atoms with Crippen LogP contribution in [-0.4, -0.2) is 21.7 Å². The van der Waals surface area contributed by atoms with Crippen LogP contribution in [0.5, 0.6) is 0 Å². The van der Waals surface area contributed by atoms with Crippen LogP contribution in [0, 0.1) is 6.92 Å². The largest absolute Gasteiger partial charge is 0.352 e. The Bertz CT molecular complexity index is 410. The Hall–Kier alpha value is -1.03. The van der Waals surface area contributed by atoms with Gasteiger partial charge < -0.3 is 5.32 Å². The van der Waals surface area contributed by atoms with E-state index in [4.69, 9.17) is 11.6 Å². The normalized spacial score (nSPS) is 18.3. The highest BCUT2D eigenvalue weighted by Gasteiger charge is 2.23. The van der Waals surface area contributed by atoms with Crippen LogP contribution in [0.1, 0.15) is 44.3 Å². The van der Waals surface area contributed by atoms with E-state index in [1.165, 1.54) is 12.8 Å². The first-order chi connectivity index (χ1) is 8.09. The number of hydrogen-bond donors (Lipinski definition) is 1. The van der Waals surface area contributed by atoms with E-state index >= 15 is 0 Å². The number of hydrogen-bond acceptors (Lipinski definition) is 2. The van der Waals surface area contributed by atoms with Crippen LogP contribution in [0.15, 0.2) is 6.20 Å². The van der Waals surface area contributed by atoms with Crippen LogP contribution < -0.4 is 5.32 Å². The number of carbonyl (C=O) groups is 1. The van der Waals surface area contributed by atoms with Crippen molar-refractivity contribution in [1.29, 1.82) is 0 Å². The minimum atomic E-state index is -0.303. The molecule has 1 atom stereocenters. The molecule has 1 unspecified atom stereocenters. The lowest BCUT2D eigenvalue weighted by Gasteiger charge is -2.18. The highest BCUT2D eigenvalue weighted by atomic mass is 35.5. The van der Waals surface area contributed by atoms with Crippen molar-refractivity contribution in [2.24, 2.45) is 0 Å². The van der Waals surface area contributed by atoms with Gasteiger partial charge in [-0.2, -0.15) is 5.10 Å². The fraction of sp³-hybridized carbons (Fsp3) is 0.667. The first kappa shape index (κ1) is 12.4. The lowest BCUT2D eigenvalue weighted by Crippen LogP contribution is -2.37. The molecular weight excluding hydrogens is 238 g/mol. The van der Waals surface area contributed by atoms with Gasteiger partial charge in [0, 0.05) is 6.04 Å². The molecule has 1 heterocycles. The van der Waals surface area contributed by atoms with Gasteiger partial charge >= 0.3 is 0 Å². The first-order valence-electron chi connectivity index (χ1n) is 6.09. The van der Waals surface area contributed by atoms with Crippen molar-refractivity contribution in [2.45, 2.75) is 51.6 Å². The van der Waals surface area contributed by atoms with Crippen molar-refractivity contribution in [3.8, 4) is 0 Å². The molecule has 0 radical (unpaired) electrons. The molecule has 1 aromatic rings. The second kappa shape index (κ2) is 5.08. The molecule has 94 valence electrons. The van der Waals surface area contributed by atoms with Gasteiger partial charge in [0.25, 0.3) is 0 Å². The Morgan fingerprint density at radius 3 is 2.76 bits per heavy atom. The van der Waals surface area contributed by atoms with Gasteiger partial charge in [0.2, 0.25) is 5.91 Å². The van der Waals surface area contributed by atoms with Crippen molar-refractivity contribution in [1.82, 2.24) is 15.1 Å². The van der Waals surface area contributed by atoms with E-state index in [-0.39, 0.29) is 11.9 Å². The smallest absolute Gasteiger partial charge is 0.244 e. The van der Waals surface area contributed by atoms with E-state index in [1.54, 1.807) is 10.9 Å². The standard InChI is InChI=1S/C12H18ClN3O/c1-8-11(13)7-14-16(8)9(2)12(17)15-10-5-3-4-6-10/h7,9-10H,3-6H2,1-2H3,(H,15,17). The number of carbonyl (C=O) groups excluding carboxylic acids is 1. The minimum Gasteiger partial charge on any atom is -0.352 e. The van der Waals surface area contributed by atoms with Gasteiger partial charge in [-0.05, 0) is 26.7 Å². The molecule has 0 spiro atoms. The molecule has 1 fully saturated rings. The zero-order valence-electron chi connectivity index (χ0n) is 10.2. The first-order valence-corrected chi connectivity index (χ1v) is 6.47. The Morgan fingerprint density at radius 1 is 1.59 bits per heavy atom. The number of aromatic nitrogens is 2. The van der Waals surface area contributed by atoms with Crippen molar-refractivity contribution in [3.05, 3.63) is 16.9 Å². The molecule has 1 saturated carbocycles. The molecule has 1 aliphatic carbocycles. The summed E-state index contributed by atoms with van der Waals surface area (Å²) in [5.74, 6) is 0.0276. The molecule has 2 rings (SSSR count). The number of nitrogens with zero attached hydrogens (tertiary/aromatic N) is 2. The zero-order valence-corrected chi connectivity index (χ0v) is 11.0. The van der Waals surface area contributed by atoms with Crippen LogP contribution in [0.3, 0.4) is 0 Å². The topological polar surface area (TPSA) is 46.9 Å². The summed E-state index contributed by atoms with van der Waals surface area (Å²) in [6.07, 6.45) is 6.20. The lowest BCUT2D eigenvalue weighted by molar-refractivity contribution is -0.124. The summed E-state index contributed by atoms with van der Waals surface area (Å²) >= 11 is 5.93. The molecule has 0 aromatic carbocycles. The van der Waals surface area contributed by atoms with Crippen LogP contribution in [0.25, 0.3) is 0 Å². The summed E-state index contributed by atoms with van der Waals surface area (Å²) in [5, 5.41) is 7.81. The third-order valence-electron chi connectivity index (χ3n) is 3.43. The van der Waals surface area contributed by atoms with Gasteiger partial charge in [0.05, 0.1) is 16.9 Å². The third kappa shape index (κ3) is 2.63. The van der Waals surface area contributed by atoms with Crippen LogP contribution in [0.4, 0.5) is 0 Å². The number of amides is 1. The Morgan fingerprint density at radius 2 is 2.24 bits per heavy atom. The Kier molecular flexibility index (Phi) is 3.72. The predicted molar refractivity (Wildman–Crippen MR) is 67.1 cm³/mol. The molecule has 4 nitrogen and oxygen atoms in total.